The first kappa shape index (κ1) is 15.9. The predicted molar refractivity (Wildman–Crippen MR) is 83.6 cm³/mol. The molecular weight excluding hydrogens is 284 g/mol. The Morgan fingerprint density at radius 2 is 2.00 bits per heavy atom. The van der Waals surface area contributed by atoms with Crippen LogP contribution < -0.4 is 0 Å². The number of benzene rings is 1. The smallest absolute Gasteiger partial charge is 0.269 e. The Morgan fingerprint density at radius 3 is 2.59 bits per heavy atom. The van der Waals surface area contributed by atoms with Crippen molar-refractivity contribution in [1.29, 1.82) is 0 Å². The van der Waals surface area contributed by atoms with Crippen LogP contribution in [-0.2, 0) is 4.79 Å². The Balaban J connectivity index is 2.36. The first-order valence-electron chi connectivity index (χ1n) is 7.30. The lowest BCUT2D eigenvalue weighted by atomic mass is 9.89. The Hall–Kier alpha value is -2.50. The van der Waals surface area contributed by atoms with Crippen LogP contribution in [0.25, 0.3) is 0 Å². The average Bonchev–Trinajstić information content (AvgIpc) is 2.48. The number of hydrogen-bond acceptors (Lipinski definition) is 5. The number of Topliss-reactive ketones (excluding diaryl/α,β-unsaturated/α-hetero) is 1. The highest BCUT2D eigenvalue weighted by molar-refractivity contribution is 6.24. The average molecular weight is 302 g/mol. The largest absolute Gasteiger partial charge is 0.511 e. The fourth-order valence-corrected chi connectivity index (χ4v) is 2.43. The molecule has 0 spiro atoms. The predicted octanol–water partition coefficient (Wildman–Crippen LogP) is 4.03. The molecule has 1 N–H and O–H groups in total. The van der Waals surface area contributed by atoms with Crippen LogP contribution in [-0.4, -0.2) is 21.5 Å². The van der Waals surface area contributed by atoms with Gasteiger partial charge in [-0.25, -0.2) is 0 Å². The molecular formula is C16H18N2O4. The van der Waals surface area contributed by atoms with E-state index in [1.54, 1.807) is 12.1 Å². The van der Waals surface area contributed by atoms with Crippen molar-refractivity contribution >= 4 is 22.9 Å². The minimum Gasteiger partial charge on any atom is -0.511 e. The molecule has 6 nitrogen and oxygen atoms in total. The molecule has 0 saturated heterocycles. The maximum absolute atomic E-state index is 12.1. The van der Waals surface area contributed by atoms with Gasteiger partial charge in [0.05, 0.1) is 21.9 Å². The van der Waals surface area contributed by atoms with E-state index in [1.165, 1.54) is 12.1 Å². The highest BCUT2D eigenvalue weighted by atomic mass is 16.6. The van der Waals surface area contributed by atoms with E-state index in [9.17, 15) is 20.0 Å². The van der Waals surface area contributed by atoms with Gasteiger partial charge in [-0.05, 0) is 31.4 Å². The summed E-state index contributed by atoms with van der Waals surface area (Å²) < 4.78 is 0. The third kappa shape index (κ3) is 3.58. The van der Waals surface area contributed by atoms with Gasteiger partial charge in [-0.1, -0.05) is 6.92 Å². The van der Waals surface area contributed by atoms with E-state index >= 15 is 0 Å². The van der Waals surface area contributed by atoms with Gasteiger partial charge in [0.1, 0.15) is 5.76 Å². The van der Waals surface area contributed by atoms with Gasteiger partial charge < -0.3 is 5.11 Å². The van der Waals surface area contributed by atoms with Crippen LogP contribution in [0.1, 0.15) is 39.0 Å². The maximum Gasteiger partial charge on any atom is 0.269 e. The zero-order chi connectivity index (χ0) is 16.1. The molecule has 1 aromatic carbocycles. The molecule has 1 fully saturated rings. The van der Waals surface area contributed by atoms with Gasteiger partial charge in [-0.3, -0.25) is 19.9 Å². The summed E-state index contributed by atoms with van der Waals surface area (Å²) in [7, 11) is 0. The molecule has 6 heteroatoms. The SMILES string of the molecule is CCC/C(O)=C1\C(=O)CCCC1=Nc1ccc([N+](=O)[O-])cc1. The van der Waals surface area contributed by atoms with Crippen LogP contribution in [0.3, 0.4) is 0 Å². The third-order valence-corrected chi connectivity index (χ3v) is 3.48. The van der Waals surface area contributed by atoms with Crippen molar-refractivity contribution in [1.82, 2.24) is 0 Å². The highest BCUT2D eigenvalue weighted by Crippen LogP contribution is 2.26. The van der Waals surface area contributed by atoms with Crippen molar-refractivity contribution in [3.05, 3.63) is 45.7 Å². The Labute approximate surface area is 128 Å². The molecule has 1 aliphatic rings. The molecule has 1 saturated carbocycles. The van der Waals surface area contributed by atoms with Crippen molar-refractivity contribution in [2.45, 2.75) is 39.0 Å². The Morgan fingerprint density at radius 1 is 1.32 bits per heavy atom. The van der Waals surface area contributed by atoms with Crippen LogP contribution in [0.5, 0.6) is 0 Å². The molecule has 1 aliphatic carbocycles. The number of allylic oxidation sites excluding steroid dienone is 2. The first-order valence-corrected chi connectivity index (χ1v) is 7.30. The summed E-state index contributed by atoms with van der Waals surface area (Å²) in [5.74, 6) is 0.00530. The number of carbonyl (C=O) groups excluding carboxylic acids is 1. The minimum absolute atomic E-state index is 0.00623. The maximum atomic E-state index is 12.1. The van der Waals surface area contributed by atoms with Crippen molar-refractivity contribution in [2.24, 2.45) is 4.99 Å². The van der Waals surface area contributed by atoms with Crippen LogP contribution in [0.4, 0.5) is 11.4 Å². The minimum atomic E-state index is -0.473. The lowest BCUT2D eigenvalue weighted by Gasteiger charge is -2.17. The van der Waals surface area contributed by atoms with Gasteiger partial charge in [-0.2, -0.15) is 0 Å². The molecule has 116 valence electrons. The van der Waals surface area contributed by atoms with E-state index in [1.807, 2.05) is 6.92 Å². The summed E-state index contributed by atoms with van der Waals surface area (Å²) in [5.41, 5.74) is 1.42. The van der Waals surface area contributed by atoms with E-state index in [2.05, 4.69) is 4.99 Å². The van der Waals surface area contributed by atoms with Gasteiger partial charge in [-0.15, -0.1) is 0 Å². The fourth-order valence-electron chi connectivity index (χ4n) is 2.43. The summed E-state index contributed by atoms with van der Waals surface area (Å²) in [5, 5.41) is 20.7. The summed E-state index contributed by atoms with van der Waals surface area (Å²) >= 11 is 0. The third-order valence-electron chi connectivity index (χ3n) is 3.48. The van der Waals surface area contributed by atoms with Crippen molar-refractivity contribution in [3.63, 3.8) is 0 Å². The van der Waals surface area contributed by atoms with Crippen LogP contribution >= 0.6 is 0 Å². The van der Waals surface area contributed by atoms with Crippen molar-refractivity contribution in [3.8, 4) is 0 Å². The van der Waals surface area contributed by atoms with Crippen molar-refractivity contribution < 1.29 is 14.8 Å². The Kier molecular flexibility index (Phi) is 5.04. The molecule has 0 heterocycles. The van der Waals surface area contributed by atoms with E-state index in [4.69, 9.17) is 0 Å². The van der Waals surface area contributed by atoms with E-state index in [0.717, 1.165) is 6.42 Å². The number of aliphatic hydroxyl groups excluding tert-OH is 1. The van der Waals surface area contributed by atoms with E-state index < -0.39 is 4.92 Å². The van der Waals surface area contributed by atoms with Crippen molar-refractivity contribution in [2.75, 3.05) is 0 Å². The number of ketones is 1. The molecule has 0 atom stereocenters. The number of nitro benzene ring substituents is 1. The second kappa shape index (κ2) is 6.98. The fraction of sp³-hybridized carbons (Fsp3) is 0.375. The van der Waals surface area contributed by atoms with Gasteiger partial charge in [0.25, 0.3) is 5.69 Å². The summed E-state index contributed by atoms with van der Waals surface area (Å²) in [6.07, 6.45) is 2.93. The molecule has 0 aliphatic heterocycles. The van der Waals surface area contributed by atoms with Gasteiger partial charge in [0, 0.05) is 25.0 Å². The number of carbonyl (C=O) groups is 1. The highest BCUT2D eigenvalue weighted by Gasteiger charge is 2.25. The first-order chi connectivity index (χ1) is 10.5. The number of rotatable bonds is 4. The topological polar surface area (TPSA) is 92.8 Å². The van der Waals surface area contributed by atoms with Gasteiger partial charge in [0.2, 0.25) is 0 Å². The molecule has 0 unspecified atom stereocenters. The van der Waals surface area contributed by atoms with E-state index in [-0.39, 0.29) is 17.2 Å². The number of aliphatic imine (C=N–C) groups is 1. The van der Waals surface area contributed by atoms with Crippen LogP contribution in [0, 0.1) is 10.1 Å². The number of aliphatic hydroxyl groups is 1. The molecule has 0 bridgehead atoms. The Bertz CT molecular complexity index is 645. The molecule has 22 heavy (non-hydrogen) atoms. The molecule has 0 radical (unpaired) electrons. The molecule has 2 rings (SSSR count). The van der Waals surface area contributed by atoms with Gasteiger partial charge >= 0.3 is 0 Å². The zero-order valence-corrected chi connectivity index (χ0v) is 12.4. The lowest BCUT2D eigenvalue weighted by molar-refractivity contribution is -0.384. The summed E-state index contributed by atoms with van der Waals surface area (Å²) in [4.78, 5) is 26.6. The van der Waals surface area contributed by atoms with Crippen LogP contribution in [0.15, 0.2) is 40.6 Å². The molecule has 0 amide bonds. The zero-order valence-electron chi connectivity index (χ0n) is 12.4. The second-order valence-corrected chi connectivity index (χ2v) is 5.18. The normalized spacial score (nSPS) is 19.3. The number of nitro groups is 1. The van der Waals surface area contributed by atoms with Gasteiger partial charge in [0.15, 0.2) is 5.78 Å². The standard InChI is InChI=1S/C16H18N2O4/c1-2-4-14(19)16-13(5-3-6-15(16)20)17-11-7-9-12(10-8-11)18(21)22/h7-10,19H,2-6H2,1H3/b16-14+,17-13?. The number of non-ortho nitro benzene ring substituents is 1. The van der Waals surface area contributed by atoms with E-state index in [0.29, 0.717) is 42.7 Å². The number of nitrogens with zero attached hydrogens (tertiary/aromatic N) is 2. The number of hydrogen-bond donors (Lipinski definition) is 1. The summed E-state index contributed by atoms with van der Waals surface area (Å²) in [6.45, 7) is 1.93. The second-order valence-electron chi connectivity index (χ2n) is 5.18. The monoisotopic (exact) mass is 302 g/mol. The lowest BCUT2D eigenvalue weighted by Crippen LogP contribution is -2.21. The van der Waals surface area contributed by atoms with Crippen LogP contribution in [0.2, 0.25) is 0 Å². The quantitative estimate of drug-likeness (QED) is 0.393. The molecule has 1 aromatic rings. The molecule has 0 aromatic heterocycles. The summed E-state index contributed by atoms with van der Waals surface area (Å²) in [6, 6.07) is 5.83.